The van der Waals surface area contributed by atoms with Crippen molar-refractivity contribution in [3.63, 3.8) is 0 Å². The quantitative estimate of drug-likeness (QED) is 0.363. The summed E-state index contributed by atoms with van der Waals surface area (Å²) in [5, 5.41) is 11.9. The van der Waals surface area contributed by atoms with Crippen molar-refractivity contribution >= 4 is 5.84 Å². The minimum Gasteiger partial charge on any atom is -0.496 e. The number of benzene rings is 1. The molecule has 0 aliphatic rings. The van der Waals surface area contributed by atoms with Crippen LogP contribution in [0.15, 0.2) is 23.4 Å². The summed E-state index contributed by atoms with van der Waals surface area (Å²) in [7, 11) is 3.66. The molecule has 0 heterocycles. The molecule has 0 spiro atoms. The Kier molecular flexibility index (Phi) is 5.82. The van der Waals surface area contributed by atoms with Gasteiger partial charge in [0.25, 0.3) is 0 Å². The summed E-state index contributed by atoms with van der Waals surface area (Å²) >= 11 is 0. The Morgan fingerprint density at radius 3 is 2.55 bits per heavy atom. The molecule has 0 aromatic heterocycles. The highest BCUT2D eigenvalue weighted by Crippen LogP contribution is 2.21. The van der Waals surface area contributed by atoms with Crippen LogP contribution < -0.4 is 10.5 Å². The van der Waals surface area contributed by atoms with Gasteiger partial charge in [-0.25, -0.2) is 0 Å². The Hall–Kier alpha value is -1.75. The van der Waals surface area contributed by atoms with E-state index < -0.39 is 0 Å². The van der Waals surface area contributed by atoms with E-state index in [1.807, 2.05) is 18.2 Å². The average Bonchev–Trinajstić information content (AvgIpc) is 2.45. The molecule has 1 aromatic rings. The number of hydrogen-bond acceptors (Lipinski definition) is 4. The molecule has 0 saturated heterocycles. The van der Waals surface area contributed by atoms with Crippen molar-refractivity contribution in [2.24, 2.45) is 16.8 Å². The van der Waals surface area contributed by atoms with Crippen LogP contribution in [0.25, 0.3) is 0 Å². The summed E-state index contributed by atoms with van der Waals surface area (Å²) < 4.78 is 5.23. The first kappa shape index (κ1) is 16.3. The van der Waals surface area contributed by atoms with Crippen LogP contribution in [-0.4, -0.2) is 36.1 Å². The van der Waals surface area contributed by atoms with Gasteiger partial charge < -0.3 is 15.7 Å². The van der Waals surface area contributed by atoms with Crippen molar-refractivity contribution in [3.8, 4) is 5.75 Å². The molecular weight excluding hydrogens is 254 g/mol. The molecule has 0 bridgehead atoms. The topological polar surface area (TPSA) is 71.1 Å². The number of ether oxygens (including phenoxy) is 1. The average molecular weight is 279 g/mol. The van der Waals surface area contributed by atoms with Crippen molar-refractivity contribution in [1.29, 1.82) is 0 Å². The largest absolute Gasteiger partial charge is 0.496 e. The lowest BCUT2D eigenvalue weighted by molar-refractivity contribution is 0.200. The standard InChI is InChI=1S/C15H25N3O2/c1-10(2)11(3)18(4)9-12-6-7-14(20-5)13(8-12)15(16)17-19/h6-8,10-11,19H,9H2,1-5H3,(H2,16,17). The second kappa shape index (κ2) is 7.14. The van der Waals surface area contributed by atoms with Crippen LogP contribution in [0.2, 0.25) is 0 Å². The van der Waals surface area contributed by atoms with Gasteiger partial charge in [0.2, 0.25) is 0 Å². The molecule has 0 aliphatic heterocycles. The lowest BCUT2D eigenvalue weighted by atomic mass is 10.0. The zero-order valence-electron chi connectivity index (χ0n) is 12.9. The molecule has 1 aromatic carbocycles. The molecule has 1 atom stereocenters. The van der Waals surface area contributed by atoms with Crippen LogP contribution in [0.5, 0.6) is 5.75 Å². The van der Waals surface area contributed by atoms with Crippen molar-refractivity contribution < 1.29 is 9.94 Å². The lowest BCUT2D eigenvalue weighted by Gasteiger charge is -2.28. The van der Waals surface area contributed by atoms with E-state index in [4.69, 9.17) is 15.7 Å². The number of nitrogens with zero attached hydrogens (tertiary/aromatic N) is 2. The van der Waals surface area contributed by atoms with Crippen LogP contribution in [0, 0.1) is 5.92 Å². The summed E-state index contributed by atoms with van der Waals surface area (Å²) in [6.45, 7) is 7.42. The van der Waals surface area contributed by atoms with Crippen molar-refractivity contribution in [2.75, 3.05) is 14.2 Å². The van der Waals surface area contributed by atoms with Crippen LogP contribution in [0.4, 0.5) is 0 Å². The highest BCUT2D eigenvalue weighted by molar-refractivity contribution is 5.99. The van der Waals surface area contributed by atoms with Gasteiger partial charge in [0, 0.05) is 12.6 Å². The van der Waals surface area contributed by atoms with Crippen LogP contribution in [-0.2, 0) is 6.54 Å². The van der Waals surface area contributed by atoms with Gasteiger partial charge >= 0.3 is 0 Å². The fourth-order valence-electron chi connectivity index (χ4n) is 2.05. The van der Waals surface area contributed by atoms with Gasteiger partial charge in [-0.05, 0) is 37.6 Å². The van der Waals surface area contributed by atoms with Gasteiger partial charge in [-0.1, -0.05) is 25.1 Å². The van der Waals surface area contributed by atoms with E-state index in [1.165, 1.54) is 0 Å². The molecule has 5 heteroatoms. The third kappa shape index (κ3) is 3.87. The molecule has 20 heavy (non-hydrogen) atoms. The van der Waals surface area contributed by atoms with Gasteiger partial charge in [-0.3, -0.25) is 4.90 Å². The molecule has 0 saturated carbocycles. The molecule has 5 nitrogen and oxygen atoms in total. The second-order valence-corrected chi connectivity index (χ2v) is 5.42. The Morgan fingerprint density at radius 1 is 1.40 bits per heavy atom. The summed E-state index contributed by atoms with van der Waals surface area (Å²) in [5.41, 5.74) is 7.39. The van der Waals surface area contributed by atoms with Gasteiger partial charge in [0.05, 0.1) is 12.7 Å². The number of hydrogen-bond donors (Lipinski definition) is 2. The summed E-state index contributed by atoms with van der Waals surface area (Å²) in [6.07, 6.45) is 0. The SMILES string of the molecule is COc1ccc(CN(C)C(C)C(C)C)cc1C(N)=NO. The Bertz CT molecular complexity index is 472. The fraction of sp³-hybridized carbons (Fsp3) is 0.533. The minimum atomic E-state index is 0.0586. The van der Waals surface area contributed by atoms with E-state index in [0.29, 0.717) is 23.3 Å². The number of nitrogens with two attached hydrogens (primary N) is 1. The summed E-state index contributed by atoms with van der Waals surface area (Å²) in [6, 6.07) is 6.22. The monoisotopic (exact) mass is 279 g/mol. The van der Waals surface area contributed by atoms with E-state index in [0.717, 1.165) is 12.1 Å². The maximum atomic E-state index is 8.84. The van der Waals surface area contributed by atoms with E-state index >= 15 is 0 Å². The molecule has 1 unspecified atom stereocenters. The van der Waals surface area contributed by atoms with Crippen molar-refractivity contribution in [2.45, 2.75) is 33.4 Å². The highest BCUT2D eigenvalue weighted by atomic mass is 16.5. The summed E-state index contributed by atoms with van der Waals surface area (Å²) in [4.78, 5) is 2.28. The lowest BCUT2D eigenvalue weighted by Crippen LogP contribution is -2.32. The zero-order chi connectivity index (χ0) is 15.3. The predicted octanol–water partition coefficient (Wildman–Crippen LogP) is 2.27. The molecule has 0 radical (unpaired) electrons. The molecule has 1 rings (SSSR count). The van der Waals surface area contributed by atoms with Crippen LogP contribution >= 0.6 is 0 Å². The molecule has 0 amide bonds. The zero-order valence-corrected chi connectivity index (χ0v) is 12.9. The summed E-state index contributed by atoms with van der Waals surface area (Å²) in [5.74, 6) is 1.24. The van der Waals surface area contributed by atoms with E-state index in [-0.39, 0.29) is 5.84 Å². The van der Waals surface area contributed by atoms with E-state index in [2.05, 4.69) is 37.9 Å². The first-order valence-electron chi connectivity index (χ1n) is 6.75. The van der Waals surface area contributed by atoms with E-state index in [1.54, 1.807) is 7.11 Å². The van der Waals surface area contributed by atoms with Gasteiger partial charge in [0.1, 0.15) is 5.75 Å². The second-order valence-electron chi connectivity index (χ2n) is 5.42. The number of oxime groups is 1. The Labute approximate surface area is 121 Å². The number of rotatable bonds is 6. The van der Waals surface area contributed by atoms with Crippen molar-refractivity contribution in [3.05, 3.63) is 29.3 Å². The molecule has 3 N–H and O–H groups in total. The first-order valence-corrected chi connectivity index (χ1v) is 6.75. The normalized spacial score (nSPS) is 13.8. The van der Waals surface area contributed by atoms with Crippen molar-refractivity contribution in [1.82, 2.24) is 4.90 Å². The van der Waals surface area contributed by atoms with Gasteiger partial charge in [0.15, 0.2) is 5.84 Å². The first-order chi connectivity index (χ1) is 9.40. The maximum absolute atomic E-state index is 8.84. The van der Waals surface area contributed by atoms with E-state index in [9.17, 15) is 0 Å². The highest BCUT2D eigenvalue weighted by Gasteiger charge is 2.15. The third-order valence-corrected chi connectivity index (χ3v) is 3.74. The number of amidine groups is 1. The Balaban J connectivity index is 2.98. The van der Waals surface area contributed by atoms with Gasteiger partial charge in [-0.2, -0.15) is 0 Å². The predicted molar refractivity (Wildman–Crippen MR) is 81.3 cm³/mol. The molecule has 0 aliphatic carbocycles. The minimum absolute atomic E-state index is 0.0586. The number of methoxy groups -OCH3 is 1. The smallest absolute Gasteiger partial charge is 0.173 e. The Morgan fingerprint density at radius 2 is 2.05 bits per heavy atom. The molecular formula is C15H25N3O2. The van der Waals surface area contributed by atoms with Gasteiger partial charge in [-0.15, -0.1) is 0 Å². The third-order valence-electron chi connectivity index (χ3n) is 3.74. The molecule has 112 valence electrons. The maximum Gasteiger partial charge on any atom is 0.173 e. The fourth-order valence-corrected chi connectivity index (χ4v) is 2.05. The molecule has 0 fully saturated rings. The van der Waals surface area contributed by atoms with Crippen LogP contribution in [0.1, 0.15) is 31.9 Å². The van der Waals surface area contributed by atoms with Crippen LogP contribution in [0.3, 0.4) is 0 Å².